The second-order valence-corrected chi connectivity index (χ2v) is 8.36. The summed E-state index contributed by atoms with van der Waals surface area (Å²) in [6.45, 7) is 9.98. The third kappa shape index (κ3) is 7.70. The smallest absolute Gasteiger partial charge is 0.442 e. The van der Waals surface area contributed by atoms with Crippen LogP contribution in [0.3, 0.4) is 0 Å². The number of amides is 1. The van der Waals surface area contributed by atoms with E-state index in [1.807, 2.05) is 0 Å². The zero-order valence-electron chi connectivity index (χ0n) is 15.7. The lowest BCUT2D eigenvalue weighted by atomic mass is 10.2. The molecule has 0 spiro atoms. The van der Waals surface area contributed by atoms with Crippen molar-refractivity contribution in [3.05, 3.63) is 21.9 Å². The number of carbonyl (C=O) groups is 2. The summed E-state index contributed by atoms with van der Waals surface area (Å²) in [4.78, 5) is 29.9. The Bertz CT molecular complexity index is 660. The maximum atomic E-state index is 12.3. The van der Waals surface area contributed by atoms with Crippen molar-refractivity contribution >= 4 is 29.4 Å². The minimum Gasteiger partial charge on any atom is -0.442 e. The molecule has 0 unspecified atom stereocenters. The Kier molecular flexibility index (Phi) is 6.99. The predicted molar refractivity (Wildman–Crippen MR) is 95.2 cm³/mol. The first kappa shape index (κ1) is 21.7. The van der Waals surface area contributed by atoms with Gasteiger partial charge in [-0.15, -0.1) is 16.4 Å². The quantitative estimate of drug-likeness (QED) is 0.313. The molecule has 1 rings (SSSR count). The van der Waals surface area contributed by atoms with E-state index in [0.717, 1.165) is 5.06 Å². The standard InChI is InChI=1S/C16H25N3O6S/c1-15(2,3)23-13(20)19(25-14(21)24-16(4,5)6)8-11-7-10(9-26-11)12(17)18-22/h7,9,22H,8H2,1-6H3,(H2,17,18). The number of hydroxylamine groups is 3. The third-order valence-corrected chi connectivity index (χ3v) is 3.45. The second-order valence-electron chi connectivity index (χ2n) is 7.36. The van der Waals surface area contributed by atoms with Crippen LogP contribution in [0.2, 0.25) is 0 Å². The number of hydrogen-bond acceptors (Lipinski definition) is 8. The molecule has 0 saturated heterocycles. The van der Waals surface area contributed by atoms with E-state index in [-0.39, 0.29) is 12.4 Å². The summed E-state index contributed by atoms with van der Waals surface area (Å²) in [5.74, 6) is -0.190. The van der Waals surface area contributed by atoms with Crippen LogP contribution in [0, 0.1) is 5.41 Å². The van der Waals surface area contributed by atoms with E-state index in [1.54, 1.807) is 58.5 Å². The molecule has 0 aliphatic carbocycles. The molecule has 0 bridgehead atoms. The van der Waals surface area contributed by atoms with Gasteiger partial charge in [-0.05, 0) is 47.6 Å². The average Bonchev–Trinajstić information content (AvgIpc) is 2.90. The van der Waals surface area contributed by atoms with Crippen molar-refractivity contribution in [2.75, 3.05) is 0 Å². The van der Waals surface area contributed by atoms with Gasteiger partial charge in [-0.1, -0.05) is 0 Å². The van der Waals surface area contributed by atoms with E-state index in [0.29, 0.717) is 10.4 Å². The molecule has 0 aromatic carbocycles. The van der Waals surface area contributed by atoms with E-state index in [1.165, 1.54) is 11.3 Å². The van der Waals surface area contributed by atoms with Gasteiger partial charge in [0.2, 0.25) is 0 Å². The van der Waals surface area contributed by atoms with Gasteiger partial charge >= 0.3 is 12.2 Å². The van der Waals surface area contributed by atoms with Gasteiger partial charge in [0.05, 0.1) is 6.54 Å². The van der Waals surface area contributed by atoms with Crippen LogP contribution in [-0.2, 0) is 20.9 Å². The number of nitrogens with one attached hydrogen (secondary N) is 2. The van der Waals surface area contributed by atoms with Crippen LogP contribution < -0.4 is 5.48 Å². The number of nitrogens with zero attached hydrogens (tertiary/aromatic N) is 1. The third-order valence-electron chi connectivity index (χ3n) is 2.53. The fraction of sp³-hybridized carbons (Fsp3) is 0.562. The highest BCUT2D eigenvalue weighted by Gasteiger charge is 2.28. The lowest BCUT2D eigenvalue weighted by Crippen LogP contribution is -2.39. The van der Waals surface area contributed by atoms with Gasteiger partial charge in [-0.3, -0.25) is 20.9 Å². The molecule has 1 aromatic heterocycles. The monoisotopic (exact) mass is 387 g/mol. The zero-order valence-corrected chi connectivity index (χ0v) is 16.5. The molecule has 1 amide bonds. The van der Waals surface area contributed by atoms with Crippen molar-refractivity contribution in [1.82, 2.24) is 10.5 Å². The molecule has 0 saturated carbocycles. The van der Waals surface area contributed by atoms with Gasteiger partial charge in [0.1, 0.15) is 17.0 Å². The SMILES string of the molecule is CC(C)(C)OC(=O)ON(Cc1cc(C(=N)NO)cs1)C(=O)OC(C)(C)C. The maximum Gasteiger partial charge on any atom is 0.534 e. The molecule has 1 aromatic rings. The number of carbonyl (C=O) groups excluding carboxylic acids is 2. The predicted octanol–water partition coefficient (Wildman–Crippen LogP) is 3.66. The molecule has 1 heterocycles. The summed E-state index contributed by atoms with van der Waals surface area (Å²) in [5.41, 5.74) is 0.599. The summed E-state index contributed by atoms with van der Waals surface area (Å²) < 4.78 is 10.3. The Hall–Kier alpha value is -2.33. The molecule has 26 heavy (non-hydrogen) atoms. The minimum absolute atomic E-state index is 0.0997. The first-order valence-electron chi connectivity index (χ1n) is 7.78. The molecule has 10 heteroatoms. The summed E-state index contributed by atoms with van der Waals surface area (Å²) in [7, 11) is 0. The zero-order chi connectivity index (χ0) is 20.1. The van der Waals surface area contributed by atoms with Crippen LogP contribution in [0.15, 0.2) is 11.4 Å². The van der Waals surface area contributed by atoms with Gasteiger partial charge in [0, 0.05) is 15.8 Å². The van der Waals surface area contributed by atoms with E-state index in [4.69, 9.17) is 24.9 Å². The number of thiophene rings is 1. The van der Waals surface area contributed by atoms with Crippen molar-refractivity contribution in [3.63, 3.8) is 0 Å². The van der Waals surface area contributed by atoms with Gasteiger partial charge < -0.3 is 9.47 Å². The second kappa shape index (κ2) is 8.37. The van der Waals surface area contributed by atoms with Crippen molar-refractivity contribution in [1.29, 1.82) is 5.41 Å². The molecule has 0 radical (unpaired) electrons. The van der Waals surface area contributed by atoms with E-state index < -0.39 is 23.5 Å². The molecule has 0 atom stereocenters. The Morgan fingerprint density at radius 1 is 1.19 bits per heavy atom. The Balaban J connectivity index is 2.93. The van der Waals surface area contributed by atoms with Gasteiger partial charge in [0.15, 0.2) is 0 Å². The summed E-state index contributed by atoms with van der Waals surface area (Å²) in [5, 5.41) is 18.7. The number of ether oxygens (including phenoxy) is 2. The molecular weight excluding hydrogens is 362 g/mol. The number of hydrogen-bond donors (Lipinski definition) is 3. The van der Waals surface area contributed by atoms with Crippen LogP contribution in [0.5, 0.6) is 0 Å². The van der Waals surface area contributed by atoms with Crippen LogP contribution in [-0.4, -0.2) is 39.6 Å². The van der Waals surface area contributed by atoms with Gasteiger partial charge in [0.25, 0.3) is 0 Å². The fourth-order valence-electron chi connectivity index (χ4n) is 1.61. The summed E-state index contributed by atoms with van der Waals surface area (Å²) >= 11 is 1.22. The van der Waals surface area contributed by atoms with E-state index >= 15 is 0 Å². The van der Waals surface area contributed by atoms with Crippen molar-refractivity contribution in [3.8, 4) is 0 Å². The first-order chi connectivity index (χ1) is 11.8. The molecule has 9 nitrogen and oxygen atoms in total. The van der Waals surface area contributed by atoms with E-state index in [2.05, 4.69) is 0 Å². The fourth-order valence-corrected chi connectivity index (χ4v) is 2.46. The highest BCUT2D eigenvalue weighted by Crippen LogP contribution is 2.20. The largest absolute Gasteiger partial charge is 0.534 e. The highest BCUT2D eigenvalue weighted by atomic mass is 32.1. The van der Waals surface area contributed by atoms with Gasteiger partial charge in [-0.2, -0.15) is 0 Å². The molecular formula is C16H25N3O6S. The first-order valence-corrected chi connectivity index (χ1v) is 8.66. The molecule has 0 fully saturated rings. The average molecular weight is 387 g/mol. The Morgan fingerprint density at radius 2 is 1.77 bits per heavy atom. The summed E-state index contributed by atoms with van der Waals surface area (Å²) in [6.07, 6.45) is -1.89. The minimum atomic E-state index is -1.04. The lowest BCUT2D eigenvalue weighted by Gasteiger charge is -2.27. The summed E-state index contributed by atoms with van der Waals surface area (Å²) in [6, 6.07) is 1.58. The maximum absolute atomic E-state index is 12.3. The number of amidine groups is 1. The number of rotatable bonds is 3. The normalized spacial score (nSPS) is 11.5. The topological polar surface area (TPSA) is 121 Å². The van der Waals surface area contributed by atoms with Crippen LogP contribution in [0.1, 0.15) is 52.0 Å². The van der Waals surface area contributed by atoms with Gasteiger partial charge in [-0.25, -0.2) is 9.59 Å². The Labute approximate surface area is 156 Å². The van der Waals surface area contributed by atoms with Crippen molar-refractivity contribution in [2.45, 2.75) is 59.3 Å². The highest BCUT2D eigenvalue weighted by molar-refractivity contribution is 7.10. The Morgan fingerprint density at radius 3 is 2.27 bits per heavy atom. The lowest BCUT2D eigenvalue weighted by molar-refractivity contribution is -0.140. The van der Waals surface area contributed by atoms with Crippen LogP contribution in [0.25, 0.3) is 0 Å². The van der Waals surface area contributed by atoms with Crippen LogP contribution >= 0.6 is 11.3 Å². The molecule has 146 valence electrons. The molecule has 0 aliphatic rings. The van der Waals surface area contributed by atoms with E-state index in [9.17, 15) is 9.59 Å². The van der Waals surface area contributed by atoms with Crippen molar-refractivity contribution in [2.24, 2.45) is 0 Å². The molecule has 0 aliphatic heterocycles. The molecule has 3 N–H and O–H groups in total. The van der Waals surface area contributed by atoms with Crippen LogP contribution in [0.4, 0.5) is 9.59 Å². The van der Waals surface area contributed by atoms with Crippen molar-refractivity contribution < 1.29 is 29.1 Å².